The van der Waals surface area contributed by atoms with Gasteiger partial charge in [0.25, 0.3) is 0 Å². The number of aromatic nitrogens is 4. The predicted octanol–water partition coefficient (Wildman–Crippen LogP) is 3.92. The molecule has 28 heavy (non-hydrogen) atoms. The third-order valence-electron chi connectivity index (χ3n) is 3.98. The van der Waals surface area contributed by atoms with E-state index in [2.05, 4.69) is 42.5 Å². The van der Waals surface area contributed by atoms with Crippen LogP contribution in [-0.4, -0.2) is 45.5 Å². The standard InChI is InChI=1S/C19H21BrN6OS/c1-4-26-18(13-6-5-7-15(10-13)25(2)3)23-24-19(26)28-12-17(27)22-16-9-8-14(20)11-21-16/h5-11H,4,12H2,1-3H3,(H,21,22,27). The van der Waals surface area contributed by atoms with Crippen molar-refractivity contribution in [1.29, 1.82) is 0 Å². The highest BCUT2D eigenvalue weighted by molar-refractivity contribution is 9.10. The van der Waals surface area contributed by atoms with Crippen molar-refractivity contribution in [3.05, 3.63) is 47.1 Å². The van der Waals surface area contributed by atoms with E-state index in [0.29, 0.717) is 17.5 Å². The topological polar surface area (TPSA) is 75.9 Å². The fraction of sp³-hybridized carbons (Fsp3) is 0.263. The summed E-state index contributed by atoms with van der Waals surface area (Å²) in [7, 11) is 4.01. The number of hydrogen-bond acceptors (Lipinski definition) is 6. The minimum absolute atomic E-state index is 0.137. The first-order chi connectivity index (χ1) is 13.5. The van der Waals surface area contributed by atoms with Crippen LogP contribution in [0.25, 0.3) is 11.4 Å². The number of anilines is 2. The Bertz CT molecular complexity index is 957. The van der Waals surface area contributed by atoms with Crippen molar-refractivity contribution in [3.63, 3.8) is 0 Å². The maximum Gasteiger partial charge on any atom is 0.236 e. The SMILES string of the molecule is CCn1c(SCC(=O)Nc2ccc(Br)cn2)nnc1-c1cccc(N(C)C)c1. The zero-order valence-electron chi connectivity index (χ0n) is 15.9. The third kappa shape index (κ3) is 4.90. The van der Waals surface area contributed by atoms with E-state index in [-0.39, 0.29) is 11.7 Å². The Kier molecular flexibility index (Phi) is 6.69. The number of carbonyl (C=O) groups excluding carboxylic acids is 1. The number of amides is 1. The average molecular weight is 461 g/mol. The Labute approximate surface area is 176 Å². The second kappa shape index (κ2) is 9.20. The van der Waals surface area contributed by atoms with Crippen molar-refractivity contribution in [2.45, 2.75) is 18.6 Å². The Morgan fingerprint density at radius 1 is 1.25 bits per heavy atom. The molecule has 0 aliphatic heterocycles. The molecule has 0 saturated carbocycles. The fourth-order valence-corrected chi connectivity index (χ4v) is 3.61. The van der Waals surface area contributed by atoms with E-state index in [9.17, 15) is 4.79 Å². The smallest absolute Gasteiger partial charge is 0.236 e. The number of hydrogen-bond donors (Lipinski definition) is 1. The highest BCUT2D eigenvalue weighted by atomic mass is 79.9. The molecule has 0 unspecified atom stereocenters. The van der Waals surface area contributed by atoms with Crippen LogP contribution in [0.15, 0.2) is 52.2 Å². The van der Waals surface area contributed by atoms with Crippen molar-refractivity contribution >= 4 is 45.1 Å². The Morgan fingerprint density at radius 2 is 2.07 bits per heavy atom. The van der Waals surface area contributed by atoms with Gasteiger partial charge in [0, 0.05) is 42.6 Å². The summed E-state index contributed by atoms with van der Waals surface area (Å²) >= 11 is 4.68. The van der Waals surface area contributed by atoms with Gasteiger partial charge in [0.1, 0.15) is 5.82 Å². The molecule has 0 bridgehead atoms. The fourth-order valence-electron chi connectivity index (χ4n) is 2.58. The molecule has 1 amide bonds. The van der Waals surface area contributed by atoms with Crippen molar-refractivity contribution in [3.8, 4) is 11.4 Å². The van der Waals surface area contributed by atoms with Crippen LogP contribution >= 0.6 is 27.7 Å². The first kappa shape index (κ1) is 20.3. The average Bonchev–Trinajstić information content (AvgIpc) is 3.11. The number of carbonyl (C=O) groups is 1. The highest BCUT2D eigenvalue weighted by Gasteiger charge is 2.15. The Balaban J connectivity index is 1.71. The Hall–Kier alpha value is -2.39. The summed E-state index contributed by atoms with van der Waals surface area (Å²) in [4.78, 5) is 18.4. The first-order valence-corrected chi connectivity index (χ1v) is 10.5. The second-order valence-electron chi connectivity index (χ2n) is 6.19. The lowest BCUT2D eigenvalue weighted by Crippen LogP contribution is -2.15. The van der Waals surface area contributed by atoms with Gasteiger partial charge < -0.3 is 14.8 Å². The summed E-state index contributed by atoms with van der Waals surface area (Å²) in [6.45, 7) is 2.76. The van der Waals surface area contributed by atoms with Crippen LogP contribution in [0.4, 0.5) is 11.5 Å². The molecule has 2 heterocycles. The monoisotopic (exact) mass is 460 g/mol. The molecule has 0 aliphatic rings. The third-order valence-corrected chi connectivity index (χ3v) is 5.42. The first-order valence-electron chi connectivity index (χ1n) is 8.73. The van der Waals surface area contributed by atoms with Crippen molar-refractivity contribution in [2.75, 3.05) is 30.1 Å². The van der Waals surface area contributed by atoms with Gasteiger partial charge in [-0.25, -0.2) is 4.98 Å². The van der Waals surface area contributed by atoms with Crippen LogP contribution in [0, 0.1) is 0 Å². The molecule has 0 aliphatic carbocycles. The van der Waals surface area contributed by atoms with Gasteiger partial charge in [0.2, 0.25) is 5.91 Å². The number of halogens is 1. The zero-order valence-corrected chi connectivity index (χ0v) is 18.3. The molecule has 1 aromatic carbocycles. The van der Waals surface area contributed by atoms with E-state index < -0.39 is 0 Å². The zero-order chi connectivity index (χ0) is 20.1. The molecule has 0 radical (unpaired) electrons. The molecule has 3 rings (SSSR count). The predicted molar refractivity (Wildman–Crippen MR) is 117 cm³/mol. The molecule has 0 fully saturated rings. The summed E-state index contributed by atoms with van der Waals surface area (Å²) in [5, 5.41) is 12.1. The van der Waals surface area contributed by atoms with E-state index in [0.717, 1.165) is 21.5 Å². The molecule has 0 spiro atoms. The minimum atomic E-state index is -0.137. The van der Waals surface area contributed by atoms with E-state index in [1.807, 2.05) is 54.8 Å². The lowest BCUT2D eigenvalue weighted by atomic mass is 10.2. The molecule has 7 nitrogen and oxygen atoms in total. The van der Waals surface area contributed by atoms with E-state index in [4.69, 9.17) is 0 Å². The van der Waals surface area contributed by atoms with Crippen molar-refractivity contribution < 1.29 is 4.79 Å². The van der Waals surface area contributed by atoms with Crippen LogP contribution in [0.2, 0.25) is 0 Å². The van der Waals surface area contributed by atoms with Gasteiger partial charge in [-0.15, -0.1) is 10.2 Å². The molecule has 2 aromatic heterocycles. The van der Waals surface area contributed by atoms with E-state index >= 15 is 0 Å². The molecule has 146 valence electrons. The number of nitrogens with zero attached hydrogens (tertiary/aromatic N) is 5. The molecule has 1 N–H and O–H groups in total. The molecule has 9 heteroatoms. The van der Waals surface area contributed by atoms with Gasteiger partial charge >= 0.3 is 0 Å². The van der Waals surface area contributed by atoms with E-state index in [1.54, 1.807) is 12.3 Å². The largest absolute Gasteiger partial charge is 0.378 e. The van der Waals surface area contributed by atoms with Gasteiger partial charge in [0.05, 0.1) is 5.75 Å². The molecule has 0 atom stereocenters. The number of rotatable bonds is 7. The van der Waals surface area contributed by atoms with Crippen LogP contribution in [0.1, 0.15) is 6.92 Å². The summed E-state index contributed by atoms with van der Waals surface area (Å²) < 4.78 is 2.88. The number of thioether (sulfide) groups is 1. The van der Waals surface area contributed by atoms with Crippen LogP contribution < -0.4 is 10.2 Å². The van der Waals surface area contributed by atoms with Gasteiger partial charge in [-0.3, -0.25) is 4.79 Å². The van der Waals surface area contributed by atoms with Crippen molar-refractivity contribution in [1.82, 2.24) is 19.7 Å². The number of pyridine rings is 1. The Morgan fingerprint density at radius 3 is 2.75 bits per heavy atom. The van der Waals surface area contributed by atoms with Gasteiger partial charge in [-0.1, -0.05) is 23.9 Å². The normalized spacial score (nSPS) is 10.7. The van der Waals surface area contributed by atoms with Crippen LogP contribution in [-0.2, 0) is 11.3 Å². The maximum absolute atomic E-state index is 12.2. The van der Waals surface area contributed by atoms with Crippen molar-refractivity contribution in [2.24, 2.45) is 0 Å². The maximum atomic E-state index is 12.2. The number of benzene rings is 1. The summed E-state index contributed by atoms with van der Waals surface area (Å²) in [5.74, 6) is 1.41. The van der Waals surface area contributed by atoms with Crippen LogP contribution in [0.3, 0.4) is 0 Å². The quantitative estimate of drug-likeness (QED) is 0.538. The highest BCUT2D eigenvalue weighted by Crippen LogP contribution is 2.26. The van der Waals surface area contributed by atoms with E-state index in [1.165, 1.54) is 11.8 Å². The molecule has 0 saturated heterocycles. The molecular weight excluding hydrogens is 440 g/mol. The lowest BCUT2D eigenvalue weighted by Gasteiger charge is -2.14. The van der Waals surface area contributed by atoms with Gasteiger partial charge in [-0.05, 0) is 47.1 Å². The summed E-state index contributed by atoms with van der Waals surface area (Å²) in [6, 6.07) is 11.7. The number of nitrogens with one attached hydrogen (secondary N) is 1. The summed E-state index contributed by atoms with van der Waals surface area (Å²) in [6.07, 6.45) is 1.64. The summed E-state index contributed by atoms with van der Waals surface area (Å²) in [5.41, 5.74) is 2.09. The second-order valence-corrected chi connectivity index (χ2v) is 8.05. The molecular formula is C19H21BrN6OS. The lowest BCUT2D eigenvalue weighted by molar-refractivity contribution is -0.113. The van der Waals surface area contributed by atoms with Gasteiger partial charge in [-0.2, -0.15) is 0 Å². The van der Waals surface area contributed by atoms with Crippen LogP contribution in [0.5, 0.6) is 0 Å². The van der Waals surface area contributed by atoms with Gasteiger partial charge in [0.15, 0.2) is 11.0 Å². The molecule has 3 aromatic rings. The minimum Gasteiger partial charge on any atom is -0.378 e.